The predicted molar refractivity (Wildman–Crippen MR) is 161 cm³/mol. The number of benzene rings is 3. The molecule has 1 atom stereocenters. The van der Waals surface area contributed by atoms with E-state index in [-0.39, 0.29) is 39.0 Å². The number of rotatable bonds is 12. The molecule has 0 fully saturated rings. The van der Waals surface area contributed by atoms with Gasteiger partial charge in [0.15, 0.2) is 0 Å². The number of carbonyl (C=O) groups is 2. The lowest BCUT2D eigenvalue weighted by Crippen LogP contribution is -2.52. The predicted octanol–water partition coefficient (Wildman–Crippen LogP) is 6.08. The van der Waals surface area contributed by atoms with E-state index in [4.69, 9.17) is 23.2 Å². The van der Waals surface area contributed by atoms with Crippen molar-refractivity contribution in [3.63, 3.8) is 0 Å². The van der Waals surface area contributed by atoms with Gasteiger partial charge in [-0.25, -0.2) is 8.42 Å². The SMILES string of the molecule is CCC(C(=O)NCC(C)C)N(Cc1ccc(C)cc1)C(=O)CN(c1cccc(Cl)c1Cl)S(=O)(=O)c1ccccc1. The van der Waals surface area contributed by atoms with Gasteiger partial charge in [0.1, 0.15) is 12.6 Å². The molecule has 0 saturated carbocycles. The lowest BCUT2D eigenvalue weighted by molar-refractivity contribution is -0.140. The van der Waals surface area contributed by atoms with Crippen LogP contribution in [0.4, 0.5) is 5.69 Å². The fourth-order valence-corrected chi connectivity index (χ4v) is 6.04. The smallest absolute Gasteiger partial charge is 0.264 e. The van der Waals surface area contributed by atoms with Gasteiger partial charge in [-0.2, -0.15) is 0 Å². The fourth-order valence-electron chi connectivity index (χ4n) is 4.15. The first-order valence-electron chi connectivity index (χ1n) is 13.1. The van der Waals surface area contributed by atoms with Crippen LogP contribution in [0.15, 0.2) is 77.7 Å². The second-order valence-corrected chi connectivity index (χ2v) is 12.6. The standard InChI is InChI=1S/C30H35Cl2N3O4S/c1-5-26(30(37)33-18-21(2)3)34(19-23-16-14-22(4)15-17-23)28(36)20-35(27-13-9-12-25(31)29(27)32)40(38,39)24-10-7-6-8-11-24/h6-17,21,26H,5,18-20H2,1-4H3,(H,33,37). The van der Waals surface area contributed by atoms with E-state index in [1.54, 1.807) is 30.3 Å². The Hall–Kier alpha value is -3.07. The van der Waals surface area contributed by atoms with Crippen molar-refractivity contribution in [3.05, 3.63) is 94.0 Å². The zero-order valence-corrected chi connectivity index (χ0v) is 25.4. The Morgan fingerprint density at radius 2 is 1.57 bits per heavy atom. The molecule has 0 heterocycles. The highest BCUT2D eigenvalue weighted by Crippen LogP contribution is 2.35. The van der Waals surface area contributed by atoms with Crippen LogP contribution in [0, 0.1) is 12.8 Å². The normalized spacial score (nSPS) is 12.2. The van der Waals surface area contributed by atoms with E-state index in [0.29, 0.717) is 13.0 Å². The molecule has 0 aromatic heterocycles. The Labute approximate surface area is 247 Å². The molecule has 0 spiro atoms. The van der Waals surface area contributed by atoms with Gasteiger partial charge >= 0.3 is 0 Å². The Bertz CT molecular complexity index is 1410. The van der Waals surface area contributed by atoms with E-state index in [9.17, 15) is 18.0 Å². The fraction of sp³-hybridized carbons (Fsp3) is 0.333. The molecule has 0 aliphatic carbocycles. The number of hydrogen-bond acceptors (Lipinski definition) is 4. The summed E-state index contributed by atoms with van der Waals surface area (Å²) < 4.78 is 28.7. The van der Waals surface area contributed by atoms with Crippen LogP contribution in [0.5, 0.6) is 0 Å². The van der Waals surface area contributed by atoms with Gasteiger partial charge in [-0.15, -0.1) is 0 Å². The van der Waals surface area contributed by atoms with Crippen LogP contribution in [-0.4, -0.2) is 44.3 Å². The Kier molecular flexibility index (Phi) is 11.0. The highest BCUT2D eigenvalue weighted by atomic mass is 35.5. The molecule has 7 nitrogen and oxygen atoms in total. The maximum atomic E-state index is 14.1. The summed E-state index contributed by atoms with van der Waals surface area (Å²) in [6.07, 6.45) is 0.338. The topological polar surface area (TPSA) is 86.8 Å². The highest BCUT2D eigenvalue weighted by Gasteiger charge is 2.34. The summed E-state index contributed by atoms with van der Waals surface area (Å²) in [5.74, 6) is -0.628. The van der Waals surface area contributed by atoms with Crippen LogP contribution in [0.25, 0.3) is 0 Å². The van der Waals surface area contributed by atoms with Crippen LogP contribution in [0.3, 0.4) is 0 Å². The third-order valence-corrected chi connectivity index (χ3v) is 8.94. The van der Waals surface area contributed by atoms with Gasteiger partial charge in [-0.05, 0) is 49.1 Å². The molecular formula is C30H35Cl2N3O4S. The summed E-state index contributed by atoms with van der Waals surface area (Å²) in [6.45, 7) is 7.74. The van der Waals surface area contributed by atoms with E-state index < -0.39 is 28.5 Å². The van der Waals surface area contributed by atoms with Crippen LogP contribution in [0.1, 0.15) is 38.3 Å². The third-order valence-electron chi connectivity index (χ3n) is 6.35. The second kappa shape index (κ2) is 14.0. The zero-order chi connectivity index (χ0) is 29.4. The first kappa shape index (κ1) is 31.5. The number of hydrogen-bond donors (Lipinski definition) is 1. The van der Waals surface area contributed by atoms with Crippen molar-refractivity contribution in [2.24, 2.45) is 5.92 Å². The minimum absolute atomic E-state index is 0.00303. The molecule has 3 aromatic rings. The lowest BCUT2D eigenvalue weighted by atomic mass is 10.1. The Balaban J connectivity index is 2.07. The molecule has 0 aliphatic rings. The van der Waals surface area contributed by atoms with Crippen molar-refractivity contribution in [1.29, 1.82) is 0 Å². The number of carbonyl (C=O) groups excluding carboxylic acids is 2. The van der Waals surface area contributed by atoms with E-state index in [0.717, 1.165) is 15.4 Å². The van der Waals surface area contributed by atoms with Crippen LogP contribution >= 0.6 is 23.2 Å². The quantitative estimate of drug-likeness (QED) is 0.272. The maximum Gasteiger partial charge on any atom is 0.264 e. The number of halogens is 2. The number of anilines is 1. The van der Waals surface area contributed by atoms with Gasteiger partial charge < -0.3 is 10.2 Å². The minimum atomic E-state index is -4.23. The summed E-state index contributed by atoms with van der Waals surface area (Å²) in [5, 5.41) is 3.07. The van der Waals surface area contributed by atoms with Gasteiger partial charge in [0.2, 0.25) is 11.8 Å². The van der Waals surface area contributed by atoms with Crippen LogP contribution in [0.2, 0.25) is 10.0 Å². The largest absolute Gasteiger partial charge is 0.354 e. The molecule has 3 rings (SSSR count). The highest BCUT2D eigenvalue weighted by molar-refractivity contribution is 7.92. The van der Waals surface area contributed by atoms with Gasteiger partial charge in [0, 0.05) is 13.1 Å². The minimum Gasteiger partial charge on any atom is -0.354 e. The monoisotopic (exact) mass is 603 g/mol. The van der Waals surface area contributed by atoms with Crippen molar-refractivity contribution < 1.29 is 18.0 Å². The van der Waals surface area contributed by atoms with Crippen molar-refractivity contribution in [2.75, 3.05) is 17.4 Å². The molecule has 214 valence electrons. The Morgan fingerprint density at radius 3 is 2.17 bits per heavy atom. The van der Waals surface area contributed by atoms with Crippen molar-refractivity contribution >= 4 is 50.7 Å². The van der Waals surface area contributed by atoms with Gasteiger partial charge in [0.05, 0.1) is 20.6 Å². The van der Waals surface area contributed by atoms with Crippen LogP contribution in [-0.2, 0) is 26.2 Å². The molecule has 0 saturated heterocycles. The average molecular weight is 605 g/mol. The van der Waals surface area contributed by atoms with Crippen molar-refractivity contribution in [1.82, 2.24) is 10.2 Å². The van der Waals surface area contributed by atoms with Gasteiger partial charge in [0.25, 0.3) is 10.0 Å². The number of nitrogens with one attached hydrogen (secondary N) is 1. The average Bonchev–Trinajstić information content (AvgIpc) is 2.93. The van der Waals surface area contributed by atoms with Crippen LogP contribution < -0.4 is 9.62 Å². The molecule has 3 aromatic carbocycles. The molecule has 0 bridgehead atoms. The summed E-state index contributed by atoms with van der Waals surface area (Å²) in [5.41, 5.74) is 1.94. The molecule has 1 unspecified atom stereocenters. The summed E-state index contributed by atoms with van der Waals surface area (Å²) in [6, 6.07) is 19.2. The van der Waals surface area contributed by atoms with Crippen molar-refractivity contribution in [3.8, 4) is 0 Å². The third kappa shape index (κ3) is 7.77. The van der Waals surface area contributed by atoms with Gasteiger partial charge in [-0.3, -0.25) is 13.9 Å². The maximum absolute atomic E-state index is 14.1. The molecule has 0 radical (unpaired) electrons. The molecule has 0 aliphatic heterocycles. The second-order valence-electron chi connectivity index (χ2n) is 9.97. The molecule has 40 heavy (non-hydrogen) atoms. The first-order valence-corrected chi connectivity index (χ1v) is 15.3. The lowest BCUT2D eigenvalue weighted by Gasteiger charge is -2.33. The number of aryl methyl sites for hydroxylation is 1. The molecule has 10 heteroatoms. The molecule has 2 amide bonds. The summed E-state index contributed by atoms with van der Waals surface area (Å²) in [7, 11) is -4.23. The van der Waals surface area contributed by atoms with E-state index in [1.165, 1.54) is 23.1 Å². The summed E-state index contributed by atoms with van der Waals surface area (Å²) >= 11 is 12.7. The Morgan fingerprint density at radius 1 is 0.925 bits per heavy atom. The van der Waals surface area contributed by atoms with E-state index in [1.807, 2.05) is 52.0 Å². The number of amides is 2. The zero-order valence-electron chi connectivity index (χ0n) is 23.1. The first-order chi connectivity index (χ1) is 18.9. The van der Waals surface area contributed by atoms with Crippen molar-refractivity contribution in [2.45, 2.75) is 51.6 Å². The molecular weight excluding hydrogens is 569 g/mol. The van der Waals surface area contributed by atoms with Gasteiger partial charge in [-0.1, -0.05) is 98.1 Å². The van der Waals surface area contributed by atoms with E-state index >= 15 is 0 Å². The number of nitrogens with zero attached hydrogens (tertiary/aromatic N) is 2. The van der Waals surface area contributed by atoms with E-state index in [2.05, 4.69) is 5.32 Å². The number of sulfonamides is 1. The molecule has 1 N–H and O–H groups in total. The summed E-state index contributed by atoms with van der Waals surface area (Å²) in [4.78, 5) is 28.8.